The van der Waals surface area contributed by atoms with Gasteiger partial charge in [0.05, 0.1) is 11.4 Å². The summed E-state index contributed by atoms with van der Waals surface area (Å²) in [6.45, 7) is 4.38. The molecule has 21 heavy (non-hydrogen) atoms. The first-order valence-corrected chi connectivity index (χ1v) is 8.76. The van der Waals surface area contributed by atoms with E-state index in [2.05, 4.69) is 27.6 Å². The highest BCUT2D eigenvalue weighted by molar-refractivity contribution is 7.13. The molecule has 4 heteroatoms. The van der Waals surface area contributed by atoms with E-state index in [-0.39, 0.29) is 0 Å². The molecule has 1 aliphatic rings. The molecule has 0 saturated heterocycles. The van der Waals surface area contributed by atoms with Gasteiger partial charge in [-0.3, -0.25) is 4.98 Å². The quantitative estimate of drug-likeness (QED) is 0.902. The van der Waals surface area contributed by atoms with Gasteiger partial charge in [-0.25, -0.2) is 4.98 Å². The SMILES string of the molecule is CC1CCCC(CNCc2csc(-c3ccccn3)n2)C1. The highest BCUT2D eigenvalue weighted by atomic mass is 32.1. The summed E-state index contributed by atoms with van der Waals surface area (Å²) in [5, 5.41) is 6.73. The Kier molecular flexibility index (Phi) is 4.99. The summed E-state index contributed by atoms with van der Waals surface area (Å²) in [6, 6.07) is 5.95. The first-order valence-electron chi connectivity index (χ1n) is 7.88. The predicted molar refractivity (Wildman–Crippen MR) is 88.2 cm³/mol. The standard InChI is InChI=1S/C17H23N3S/c1-13-5-4-6-14(9-13)10-18-11-15-12-21-17(20-15)16-7-2-3-8-19-16/h2-3,7-8,12-14,18H,4-6,9-11H2,1H3. The fourth-order valence-corrected chi connectivity index (χ4v) is 3.94. The van der Waals surface area contributed by atoms with Crippen molar-refractivity contribution >= 4 is 11.3 Å². The van der Waals surface area contributed by atoms with E-state index >= 15 is 0 Å². The summed E-state index contributed by atoms with van der Waals surface area (Å²) in [5.41, 5.74) is 2.10. The number of pyridine rings is 1. The maximum Gasteiger partial charge on any atom is 0.142 e. The predicted octanol–water partition coefficient (Wildman–Crippen LogP) is 4.12. The van der Waals surface area contributed by atoms with Crippen molar-refractivity contribution in [3.05, 3.63) is 35.5 Å². The molecule has 112 valence electrons. The molecule has 1 fully saturated rings. The molecular formula is C17H23N3S. The van der Waals surface area contributed by atoms with E-state index in [1.165, 1.54) is 25.7 Å². The van der Waals surface area contributed by atoms with Crippen LogP contribution < -0.4 is 5.32 Å². The molecule has 0 aromatic carbocycles. The topological polar surface area (TPSA) is 37.8 Å². The average Bonchev–Trinajstić information content (AvgIpc) is 2.97. The van der Waals surface area contributed by atoms with Gasteiger partial charge < -0.3 is 5.32 Å². The minimum absolute atomic E-state index is 0.850. The monoisotopic (exact) mass is 301 g/mol. The number of nitrogens with zero attached hydrogens (tertiary/aromatic N) is 2. The number of thiazole rings is 1. The second kappa shape index (κ2) is 7.14. The number of hydrogen-bond donors (Lipinski definition) is 1. The Morgan fingerprint density at radius 1 is 1.33 bits per heavy atom. The van der Waals surface area contributed by atoms with Crippen molar-refractivity contribution < 1.29 is 0 Å². The van der Waals surface area contributed by atoms with Crippen molar-refractivity contribution in [1.29, 1.82) is 0 Å². The van der Waals surface area contributed by atoms with Gasteiger partial charge in [-0.1, -0.05) is 25.8 Å². The fourth-order valence-electron chi connectivity index (χ4n) is 3.14. The molecule has 3 nitrogen and oxygen atoms in total. The molecule has 0 amide bonds. The van der Waals surface area contributed by atoms with Crippen molar-refractivity contribution in [3.63, 3.8) is 0 Å². The van der Waals surface area contributed by atoms with Crippen LogP contribution in [0.4, 0.5) is 0 Å². The fraction of sp³-hybridized carbons (Fsp3) is 0.529. The summed E-state index contributed by atoms with van der Waals surface area (Å²) < 4.78 is 0. The van der Waals surface area contributed by atoms with Crippen LogP contribution in [-0.2, 0) is 6.54 Å². The summed E-state index contributed by atoms with van der Waals surface area (Å²) in [4.78, 5) is 9.02. The molecule has 0 spiro atoms. The van der Waals surface area contributed by atoms with Crippen LogP contribution in [0.2, 0.25) is 0 Å². The third-order valence-electron chi connectivity index (χ3n) is 4.22. The summed E-state index contributed by atoms with van der Waals surface area (Å²) in [7, 11) is 0. The molecule has 2 atom stereocenters. The Balaban J connectivity index is 1.49. The van der Waals surface area contributed by atoms with Gasteiger partial charge in [0.25, 0.3) is 0 Å². The van der Waals surface area contributed by atoms with Crippen LogP contribution in [0.3, 0.4) is 0 Å². The van der Waals surface area contributed by atoms with Gasteiger partial charge in [-0.2, -0.15) is 0 Å². The van der Waals surface area contributed by atoms with Gasteiger partial charge in [0.2, 0.25) is 0 Å². The van der Waals surface area contributed by atoms with Gasteiger partial charge in [-0.05, 0) is 43.4 Å². The van der Waals surface area contributed by atoms with Crippen LogP contribution >= 0.6 is 11.3 Å². The first-order chi connectivity index (χ1) is 10.3. The molecule has 2 aromatic heterocycles. The summed E-state index contributed by atoms with van der Waals surface area (Å²) >= 11 is 1.68. The highest BCUT2D eigenvalue weighted by Gasteiger charge is 2.18. The normalized spacial score (nSPS) is 22.3. The van der Waals surface area contributed by atoms with Crippen molar-refractivity contribution in [3.8, 4) is 10.7 Å². The van der Waals surface area contributed by atoms with E-state index in [9.17, 15) is 0 Å². The maximum atomic E-state index is 4.67. The lowest BCUT2D eigenvalue weighted by atomic mass is 9.82. The van der Waals surface area contributed by atoms with Gasteiger partial charge in [0.15, 0.2) is 0 Å². The molecule has 2 aromatic rings. The molecule has 3 rings (SSSR count). The lowest BCUT2D eigenvalue weighted by Crippen LogP contribution is -2.26. The van der Waals surface area contributed by atoms with E-state index in [4.69, 9.17) is 0 Å². The largest absolute Gasteiger partial charge is 0.311 e. The smallest absolute Gasteiger partial charge is 0.142 e. The van der Waals surface area contributed by atoms with Gasteiger partial charge in [-0.15, -0.1) is 11.3 Å². The Hall–Kier alpha value is -1.26. The zero-order valence-electron chi connectivity index (χ0n) is 12.6. The molecule has 1 saturated carbocycles. The zero-order chi connectivity index (χ0) is 14.5. The third kappa shape index (κ3) is 4.11. The lowest BCUT2D eigenvalue weighted by molar-refractivity contribution is 0.274. The van der Waals surface area contributed by atoms with Crippen LogP contribution in [0.5, 0.6) is 0 Å². The maximum absolute atomic E-state index is 4.67. The molecular weight excluding hydrogens is 278 g/mol. The summed E-state index contributed by atoms with van der Waals surface area (Å²) in [5.74, 6) is 1.75. The molecule has 0 radical (unpaired) electrons. The van der Waals surface area contributed by atoms with Crippen LogP contribution in [0.25, 0.3) is 10.7 Å². The highest BCUT2D eigenvalue weighted by Crippen LogP contribution is 2.28. The summed E-state index contributed by atoms with van der Waals surface area (Å²) in [6.07, 6.45) is 7.39. The van der Waals surface area contributed by atoms with Crippen LogP contribution in [0.1, 0.15) is 38.3 Å². The van der Waals surface area contributed by atoms with E-state index < -0.39 is 0 Å². The molecule has 1 N–H and O–H groups in total. The molecule has 0 bridgehead atoms. The van der Waals surface area contributed by atoms with Gasteiger partial charge >= 0.3 is 0 Å². The van der Waals surface area contributed by atoms with E-state index in [0.29, 0.717) is 0 Å². The third-order valence-corrected chi connectivity index (χ3v) is 5.13. The van der Waals surface area contributed by atoms with E-state index in [1.54, 1.807) is 11.3 Å². The Bertz CT molecular complexity index is 552. The number of nitrogens with one attached hydrogen (secondary N) is 1. The first kappa shape index (κ1) is 14.7. The van der Waals surface area contributed by atoms with Crippen molar-refractivity contribution in [2.24, 2.45) is 11.8 Å². The number of hydrogen-bond acceptors (Lipinski definition) is 4. The second-order valence-corrected chi connectivity index (χ2v) is 6.99. The average molecular weight is 301 g/mol. The van der Waals surface area contributed by atoms with Crippen molar-refractivity contribution in [2.45, 2.75) is 39.2 Å². The molecule has 2 unspecified atom stereocenters. The second-order valence-electron chi connectivity index (χ2n) is 6.13. The van der Waals surface area contributed by atoms with Crippen molar-refractivity contribution in [2.75, 3.05) is 6.54 Å². The van der Waals surface area contributed by atoms with Crippen LogP contribution in [0, 0.1) is 11.8 Å². The minimum atomic E-state index is 0.850. The Morgan fingerprint density at radius 2 is 2.29 bits per heavy atom. The number of rotatable bonds is 5. The molecule has 1 aliphatic carbocycles. The zero-order valence-corrected chi connectivity index (χ0v) is 13.4. The van der Waals surface area contributed by atoms with Crippen molar-refractivity contribution in [1.82, 2.24) is 15.3 Å². The molecule has 2 heterocycles. The molecule has 0 aliphatic heterocycles. The van der Waals surface area contributed by atoms with Crippen LogP contribution in [-0.4, -0.2) is 16.5 Å². The minimum Gasteiger partial charge on any atom is -0.311 e. The van der Waals surface area contributed by atoms with E-state index in [1.807, 2.05) is 24.4 Å². The van der Waals surface area contributed by atoms with Crippen LogP contribution in [0.15, 0.2) is 29.8 Å². The Labute approximate surface area is 130 Å². The number of aromatic nitrogens is 2. The van der Waals surface area contributed by atoms with Gasteiger partial charge in [0.1, 0.15) is 5.01 Å². The lowest BCUT2D eigenvalue weighted by Gasteiger charge is -2.26. The Morgan fingerprint density at radius 3 is 3.10 bits per heavy atom. The van der Waals surface area contributed by atoms with E-state index in [0.717, 1.165) is 41.3 Å². The van der Waals surface area contributed by atoms with Gasteiger partial charge in [0, 0.05) is 18.1 Å².